The van der Waals surface area contributed by atoms with Crippen LogP contribution in [-0.2, 0) is 9.59 Å². The summed E-state index contributed by atoms with van der Waals surface area (Å²) in [4.78, 5) is 25.8. The van der Waals surface area contributed by atoms with Crippen molar-refractivity contribution < 1.29 is 14.3 Å². The Kier molecular flexibility index (Phi) is 5.18. The summed E-state index contributed by atoms with van der Waals surface area (Å²) in [6, 6.07) is 16.0. The molecule has 6 heteroatoms. The minimum Gasteiger partial charge on any atom is -0.480 e. The number of hydrogen-bond acceptors (Lipinski definition) is 4. The Labute approximate surface area is 152 Å². The number of para-hydroxylation sites is 1. The van der Waals surface area contributed by atoms with Gasteiger partial charge in [0, 0.05) is 24.3 Å². The Balaban J connectivity index is 1.62. The standard InChI is InChI=1S/C20H19N3O3/c1-14(26-18-6-3-2-5-15(18)13-21)20(25)22-16-8-10-17(11-9-16)23-12-4-7-19(23)24/h2-3,5-6,8-11,14H,4,7,12H2,1H3,(H,22,25). The number of carbonyl (C=O) groups excluding carboxylic acids is 2. The second kappa shape index (κ2) is 7.70. The number of nitriles is 1. The first-order chi connectivity index (χ1) is 12.6. The molecule has 0 bridgehead atoms. The molecule has 26 heavy (non-hydrogen) atoms. The van der Waals surface area contributed by atoms with Crippen LogP contribution in [0.3, 0.4) is 0 Å². The molecule has 1 heterocycles. The van der Waals surface area contributed by atoms with Crippen LogP contribution in [0.5, 0.6) is 5.75 Å². The molecule has 0 radical (unpaired) electrons. The topological polar surface area (TPSA) is 82.4 Å². The summed E-state index contributed by atoms with van der Waals surface area (Å²) in [5, 5.41) is 11.9. The zero-order valence-electron chi connectivity index (χ0n) is 14.4. The quantitative estimate of drug-likeness (QED) is 0.899. The molecular formula is C20H19N3O3. The number of nitrogens with zero attached hydrogens (tertiary/aromatic N) is 2. The van der Waals surface area contributed by atoms with Gasteiger partial charge in [0.15, 0.2) is 6.10 Å². The monoisotopic (exact) mass is 349 g/mol. The van der Waals surface area contributed by atoms with E-state index in [0.717, 1.165) is 18.7 Å². The maximum Gasteiger partial charge on any atom is 0.265 e. The smallest absolute Gasteiger partial charge is 0.265 e. The van der Waals surface area contributed by atoms with E-state index in [0.29, 0.717) is 23.4 Å². The van der Waals surface area contributed by atoms with E-state index >= 15 is 0 Å². The van der Waals surface area contributed by atoms with Gasteiger partial charge in [0.1, 0.15) is 11.8 Å². The fraction of sp³-hybridized carbons (Fsp3) is 0.250. The van der Waals surface area contributed by atoms with Crippen LogP contribution in [-0.4, -0.2) is 24.5 Å². The molecule has 1 fully saturated rings. The molecule has 0 aliphatic carbocycles. The SMILES string of the molecule is CC(Oc1ccccc1C#N)C(=O)Nc1ccc(N2CCCC2=O)cc1. The number of carbonyl (C=O) groups is 2. The Hall–Kier alpha value is -3.33. The average Bonchev–Trinajstić information content (AvgIpc) is 3.08. The van der Waals surface area contributed by atoms with Gasteiger partial charge in [-0.05, 0) is 49.7 Å². The van der Waals surface area contributed by atoms with Gasteiger partial charge in [0.05, 0.1) is 5.56 Å². The van der Waals surface area contributed by atoms with Crippen molar-refractivity contribution in [2.24, 2.45) is 0 Å². The highest BCUT2D eigenvalue weighted by Crippen LogP contribution is 2.23. The van der Waals surface area contributed by atoms with Gasteiger partial charge in [-0.2, -0.15) is 5.26 Å². The molecule has 132 valence electrons. The molecule has 1 unspecified atom stereocenters. The lowest BCUT2D eigenvalue weighted by Gasteiger charge is -2.17. The highest BCUT2D eigenvalue weighted by Gasteiger charge is 2.22. The first kappa shape index (κ1) is 17.5. The number of amides is 2. The van der Waals surface area contributed by atoms with Crippen molar-refractivity contribution in [3.05, 3.63) is 54.1 Å². The van der Waals surface area contributed by atoms with Crippen LogP contribution in [0.4, 0.5) is 11.4 Å². The maximum atomic E-state index is 12.3. The molecule has 0 spiro atoms. The molecule has 1 aliphatic heterocycles. The van der Waals surface area contributed by atoms with E-state index in [-0.39, 0.29) is 11.8 Å². The maximum absolute atomic E-state index is 12.3. The molecule has 2 amide bonds. The van der Waals surface area contributed by atoms with Gasteiger partial charge in [-0.3, -0.25) is 9.59 Å². The third-order valence-electron chi connectivity index (χ3n) is 4.20. The van der Waals surface area contributed by atoms with Gasteiger partial charge < -0.3 is 15.0 Å². The van der Waals surface area contributed by atoms with Gasteiger partial charge in [-0.1, -0.05) is 12.1 Å². The lowest BCUT2D eigenvalue weighted by atomic mass is 10.2. The van der Waals surface area contributed by atoms with Crippen molar-refractivity contribution in [2.45, 2.75) is 25.9 Å². The summed E-state index contributed by atoms with van der Waals surface area (Å²) in [7, 11) is 0. The number of nitrogens with one attached hydrogen (secondary N) is 1. The fourth-order valence-corrected chi connectivity index (χ4v) is 2.80. The minimum atomic E-state index is -0.760. The van der Waals surface area contributed by atoms with Crippen molar-refractivity contribution in [3.63, 3.8) is 0 Å². The van der Waals surface area contributed by atoms with Gasteiger partial charge >= 0.3 is 0 Å². The van der Waals surface area contributed by atoms with Crippen molar-refractivity contribution in [2.75, 3.05) is 16.8 Å². The Morgan fingerprint density at radius 2 is 1.96 bits per heavy atom. The molecule has 2 aromatic rings. The van der Waals surface area contributed by atoms with Crippen molar-refractivity contribution in [3.8, 4) is 11.8 Å². The lowest BCUT2D eigenvalue weighted by molar-refractivity contribution is -0.122. The average molecular weight is 349 g/mol. The molecule has 0 aromatic heterocycles. The minimum absolute atomic E-state index is 0.125. The van der Waals surface area contributed by atoms with Gasteiger partial charge in [0.25, 0.3) is 5.91 Å². The molecule has 2 aromatic carbocycles. The van der Waals surface area contributed by atoms with Gasteiger partial charge in [0.2, 0.25) is 5.91 Å². The summed E-state index contributed by atoms with van der Waals surface area (Å²) in [5.41, 5.74) is 1.83. The highest BCUT2D eigenvalue weighted by molar-refractivity contribution is 5.96. The number of anilines is 2. The summed E-state index contributed by atoms with van der Waals surface area (Å²) in [6.07, 6.45) is 0.692. The van der Waals surface area contributed by atoms with Crippen LogP contribution in [0.2, 0.25) is 0 Å². The molecular weight excluding hydrogens is 330 g/mol. The zero-order valence-corrected chi connectivity index (χ0v) is 14.4. The molecule has 1 N–H and O–H groups in total. The van der Waals surface area contributed by atoms with Crippen molar-refractivity contribution in [1.82, 2.24) is 0 Å². The molecule has 3 rings (SSSR count). The first-order valence-corrected chi connectivity index (χ1v) is 8.45. The summed E-state index contributed by atoms with van der Waals surface area (Å²) < 4.78 is 5.60. The highest BCUT2D eigenvalue weighted by atomic mass is 16.5. The van der Waals surface area contributed by atoms with E-state index in [1.54, 1.807) is 48.2 Å². The Morgan fingerprint density at radius 3 is 2.62 bits per heavy atom. The van der Waals surface area contributed by atoms with Crippen LogP contribution in [0.1, 0.15) is 25.3 Å². The van der Waals surface area contributed by atoms with E-state index in [2.05, 4.69) is 5.32 Å². The zero-order chi connectivity index (χ0) is 18.5. The predicted molar refractivity (Wildman–Crippen MR) is 97.9 cm³/mol. The number of benzene rings is 2. The summed E-state index contributed by atoms with van der Waals surface area (Å²) in [6.45, 7) is 2.36. The molecule has 0 saturated carbocycles. The van der Waals surface area contributed by atoms with Crippen molar-refractivity contribution >= 4 is 23.2 Å². The van der Waals surface area contributed by atoms with E-state index in [1.807, 2.05) is 18.2 Å². The molecule has 1 aliphatic rings. The van der Waals surface area contributed by atoms with E-state index in [1.165, 1.54) is 0 Å². The normalized spacial score (nSPS) is 14.6. The third kappa shape index (κ3) is 3.83. The largest absolute Gasteiger partial charge is 0.480 e. The molecule has 6 nitrogen and oxygen atoms in total. The molecule has 1 saturated heterocycles. The Bertz CT molecular complexity index is 855. The molecule has 1 atom stereocenters. The third-order valence-corrected chi connectivity index (χ3v) is 4.20. The number of ether oxygens (including phenoxy) is 1. The second-order valence-corrected chi connectivity index (χ2v) is 6.05. The number of rotatable bonds is 5. The van der Waals surface area contributed by atoms with Gasteiger partial charge in [-0.15, -0.1) is 0 Å². The van der Waals surface area contributed by atoms with Crippen LogP contribution in [0, 0.1) is 11.3 Å². The van der Waals surface area contributed by atoms with Crippen LogP contribution in [0.15, 0.2) is 48.5 Å². The lowest BCUT2D eigenvalue weighted by Crippen LogP contribution is -2.30. The van der Waals surface area contributed by atoms with Crippen LogP contribution >= 0.6 is 0 Å². The van der Waals surface area contributed by atoms with Gasteiger partial charge in [-0.25, -0.2) is 0 Å². The number of hydrogen-bond donors (Lipinski definition) is 1. The Morgan fingerprint density at radius 1 is 1.23 bits per heavy atom. The summed E-state index contributed by atoms with van der Waals surface area (Å²) in [5.74, 6) is 0.184. The first-order valence-electron chi connectivity index (χ1n) is 8.45. The van der Waals surface area contributed by atoms with Crippen LogP contribution < -0.4 is 15.0 Å². The second-order valence-electron chi connectivity index (χ2n) is 6.05. The predicted octanol–water partition coefficient (Wildman–Crippen LogP) is 3.09. The van der Waals surface area contributed by atoms with Crippen molar-refractivity contribution in [1.29, 1.82) is 5.26 Å². The van der Waals surface area contributed by atoms with Crippen LogP contribution in [0.25, 0.3) is 0 Å². The van der Waals surface area contributed by atoms with E-state index in [4.69, 9.17) is 10.00 Å². The fourth-order valence-electron chi connectivity index (χ4n) is 2.80. The van der Waals surface area contributed by atoms with E-state index < -0.39 is 6.10 Å². The van der Waals surface area contributed by atoms with E-state index in [9.17, 15) is 9.59 Å². The summed E-state index contributed by atoms with van der Waals surface area (Å²) >= 11 is 0.